The zero-order chi connectivity index (χ0) is 30.2. The van der Waals surface area contributed by atoms with Crippen LogP contribution < -0.4 is 16.0 Å². The summed E-state index contributed by atoms with van der Waals surface area (Å²) >= 11 is 0. The molecule has 0 aromatic carbocycles. The van der Waals surface area contributed by atoms with Crippen LogP contribution in [0.15, 0.2) is 11.2 Å². The summed E-state index contributed by atoms with van der Waals surface area (Å²) in [5, 5.41) is 5.50. The standard InChI is InChI=1S/C25H36F4N4O6S/c1-24(2,3)19(32-23(37)25(27,28)29)22(36)33-12-14-6-5-7-16(14)18(33)21(35)31-15(11-17(26)40(4,38)39)10-13-8-9-30-20(13)34/h11,13-16,18-19H,5-10,12H2,1-4H3,(H,30,34)(H,31,35)(H,32,37)/b17-11+/t13-,14+,15-,16+,18+,19-/m0/s1. The van der Waals surface area contributed by atoms with E-state index in [0.29, 0.717) is 38.1 Å². The summed E-state index contributed by atoms with van der Waals surface area (Å²) in [5.74, 6) is -5.25. The van der Waals surface area contributed by atoms with Gasteiger partial charge in [0, 0.05) is 25.3 Å². The van der Waals surface area contributed by atoms with E-state index in [-0.39, 0.29) is 30.7 Å². The van der Waals surface area contributed by atoms with E-state index in [2.05, 4.69) is 10.6 Å². The monoisotopic (exact) mass is 596 g/mol. The van der Waals surface area contributed by atoms with Gasteiger partial charge < -0.3 is 20.9 Å². The Labute approximate surface area is 230 Å². The fourth-order valence-corrected chi connectivity index (χ4v) is 6.20. The fraction of sp³-hybridized carbons (Fsp3) is 0.760. The van der Waals surface area contributed by atoms with E-state index in [0.717, 1.165) is 6.42 Å². The average Bonchev–Trinajstić information content (AvgIpc) is 3.50. The normalized spacial score (nSPS) is 27.1. The van der Waals surface area contributed by atoms with Crippen LogP contribution in [-0.4, -0.2) is 80.6 Å². The third-order valence-electron chi connectivity index (χ3n) is 7.80. The Morgan fingerprint density at radius 3 is 2.30 bits per heavy atom. The van der Waals surface area contributed by atoms with Crippen molar-refractivity contribution in [2.75, 3.05) is 19.3 Å². The number of fused-ring (bicyclic) bond motifs is 1. The van der Waals surface area contributed by atoms with Gasteiger partial charge in [-0.3, -0.25) is 19.2 Å². The Bertz CT molecular complexity index is 1170. The number of alkyl halides is 3. The first-order valence-corrected chi connectivity index (χ1v) is 15.0. The summed E-state index contributed by atoms with van der Waals surface area (Å²) in [6, 6.07) is -3.95. The number of rotatable bonds is 8. The van der Waals surface area contributed by atoms with Crippen molar-refractivity contribution in [2.45, 2.75) is 77.2 Å². The van der Waals surface area contributed by atoms with Crippen molar-refractivity contribution in [3.8, 4) is 0 Å². The molecular weight excluding hydrogens is 560 g/mol. The van der Waals surface area contributed by atoms with Crippen molar-refractivity contribution in [3.05, 3.63) is 11.2 Å². The highest BCUT2D eigenvalue weighted by Crippen LogP contribution is 2.43. The molecule has 6 atom stereocenters. The number of amides is 4. The van der Waals surface area contributed by atoms with Crippen molar-refractivity contribution in [1.82, 2.24) is 20.9 Å². The number of sulfone groups is 1. The third-order valence-corrected chi connectivity index (χ3v) is 8.65. The smallest absolute Gasteiger partial charge is 0.356 e. The second-order valence-electron chi connectivity index (χ2n) is 11.9. The molecule has 2 heterocycles. The fourth-order valence-electron chi connectivity index (χ4n) is 5.79. The second kappa shape index (κ2) is 11.6. The molecule has 3 aliphatic rings. The maximum absolute atomic E-state index is 14.5. The Kier molecular flexibility index (Phi) is 9.26. The summed E-state index contributed by atoms with van der Waals surface area (Å²) in [6.07, 6.45) is -1.55. The maximum Gasteiger partial charge on any atom is 0.471 e. The van der Waals surface area contributed by atoms with Crippen LogP contribution >= 0.6 is 0 Å². The van der Waals surface area contributed by atoms with E-state index in [1.54, 1.807) is 5.32 Å². The van der Waals surface area contributed by atoms with Crippen molar-refractivity contribution >= 4 is 33.5 Å². The molecule has 1 saturated carbocycles. The number of hydrogen-bond acceptors (Lipinski definition) is 6. The molecule has 0 spiro atoms. The van der Waals surface area contributed by atoms with E-state index in [4.69, 9.17) is 0 Å². The first-order chi connectivity index (χ1) is 18.3. The highest BCUT2D eigenvalue weighted by molar-refractivity contribution is 7.94. The van der Waals surface area contributed by atoms with E-state index >= 15 is 0 Å². The van der Waals surface area contributed by atoms with Crippen LogP contribution in [0.2, 0.25) is 0 Å². The molecule has 40 heavy (non-hydrogen) atoms. The van der Waals surface area contributed by atoms with Crippen molar-refractivity contribution in [2.24, 2.45) is 23.2 Å². The molecule has 15 heteroatoms. The average molecular weight is 597 g/mol. The lowest BCUT2D eigenvalue weighted by atomic mass is 9.85. The Balaban J connectivity index is 1.91. The first kappa shape index (κ1) is 31.8. The summed E-state index contributed by atoms with van der Waals surface area (Å²) in [4.78, 5) is 52.4. The Morgan fingerprint density at radius 2 is 1.77 bits per heavy atom. The summed E-state index contributed by atoms with van der Waals surface area (Å²) < 4.78 is 77.1. The molecule has 0 bridgehead atoms. The zero-order valence-corrected chi connectivity index (χ0v) is 23.6. The number of hydrogen-bond donors (Lipinski definition) is 3. The van der Waals surface area contributed by atoms with Crippen molar-refractivity contribution in [1.29, 1.82) is 0 Å². The van der Waals surface area contributed by atoms with Crippen LogP contribution in [-0.2, 0) is 29.0 Å². The number of nitrogens with one attached hydrogen (secondary N) is 3. The highest BCUT2D eigenvalue weighted by atomic mass is 32.2. The van der Waals surface area contributed by atoms with E-state index in [1.165, 1.54) is 25.7 Å². The van der Waals surface area contributed by atoms with Gasteiger partial charge in [-0.15, -0.1) is 0 Å². The lowest BCUT2D eigenvalue weighted by Crippen LogP contribution is -2.60. The largest absolute Gasteiger partial charge is 0.471 e. The Morgan fingerprint density at radius 1 is 1.12 bits per heavy atom. The van der Waals surface area contributed by atoms with Crippen LogP contribution in [0, 0.1) is 23.2 Å². The summed E-state index contributed by atoms with van der Waals surface area (Å²) in [7, 11) is -4.24. The van der Waals surface area contributed by atoms with Gasteiger partial charge in [-0.1, -0.05) is 27.2 Å². The quantitative estimate of drug-likeness (QED) is 0.364. The SMILES string of the molecule is CC(C)(C)[C@@H](NC(=O)C(F)(F)F)C(=O)N1C[C@H]2CCC[C@H]2[C@@H]1C(=O)N[C@H](/C=C(\F)S(C)(=O)=O)C[C@@H]1CCNC1=O. The number of nitrogens with zero attached hydrogens (tertiary/aromatic N) is 1. The van der Waals surface area contributed by atoms with Crippen LogP contribution in [0.1, 0.15) is 52.9 Å². The molecule has 10 nitrogen and oxygen atoms in total. The van der Waals surface area contributed by atoms with Crippen molar-refractivity contribution in [3.63, 3.8) is 0 Å². The molecule has 2 aliphatic heterocycles. The van der Waals surface area contributed by atoms with E-state index in [1.807, 2.05) is 0 Å². The van der Waals surface area contributed by atoms with Gasteiger partial charge in [-0.2, -0.15) is 17.6 Å². The van der Waals surface area contributed by atoms with E-state index in [9.17, 15) is 45.2 Å². The van der Waals surface area contributed by atoms with Gasteiger partial charge >= 0.3 is 12.1 Å². The lowest BCUT2D eigenvalue weighted by molar-refractivity contribution is -0.176. The topological polar surface area (TPSA) is 142 Å². The zero-order valence-electron chi connectivity index (χ0n) is 22.8. The maximum atomic E-state index is 14.5. The Hall–Kier alpha value is -2.71. The van der Waals surface area contributed by atoms with Crippen LogP contribution in [0.4, 0.5) is 17.6 Å². The van der Waals surface area contributed by atoms with Crippen LogP contribution in [0.25, 0.3) is 0 Å². The molecule has 0 radical (unpaired) electrons. The molecule has 0 aromatic heterocycles. The molecule has 3 rings (SSSR count). The number of carbonyl (C=O) groups is 4. The van der Waals surface area contributed by atoms with E-state index < -0.39 is 68.4 Å². The molecular formula is C25H36F4N4O6S. The predicted molar refractivity (Wildman–Crippen MR) is 135 cm³/mol. The highest BCUT2D eigenvalue weighted by Gasteiger charge is 2.53. The second-order valence-corrected chi connectivity index (χ2v) is 13.9. The molecule has 0 aromatic rings. The summed E-state index contributed by atoms with van der Waals surface area (Å²) in [5.41, 5.74) is -1.14. The minimum Gasteiger partial charge on any atom is -0.356 e. The van der Waals surface area contributed by atoms with Crippen molar-refractivity contribution < 1.29 is 45.2 Å². The molecule has 0 unspecified atom stereocenters. The predicted octanol–water partition coefficient (Wildman–Crippen LogP) is 1.57. The molecule has 226 valence electrons. The minimum absolute atomic E-state index is 0.0826. The molecule has 1 aliphatic carbocycles. The number of halogens is 4. The van der Waals surface area contributed by atoms with Gasteiger partial charge in [-0.05, 0) is 49.0 Å². The van der Waals surface area contributed by atoms with Gasteiger partial charge in [0.05, 0.1) is 6.04 Å². The molecule has 3 N–H and O–H groups in total. The molecule has 4 amide bonds. The summed E-state index contributed by atoms with van der Waals surface area (Å²) in [6.45, 7) is 4.91. The minimum atomic E-state index is -5.22. The van der Waals surface area contributed by atoms with Gasteiger partial charge in [0.25, 0.3) is 0 Å². The first-order valence-electron chi connectivity index (χ1n) is 13.1. The lowest BCUT2D eigenvalue weighted by Gasteiger charge is -2.36. The molecule has 3 fully saturated rings. The van der Waals surface area contributed by atoms with Gasteiger partial charge in [0.15, 0.2) is 0 Å². The van der Waals surface area contributed by atoms with Gasteiger partial charge in [-0.25, -0.2) is 8.42 Å². The van der Waals surface area contributed by atoms with Gasteiger partial charge in [0.2, 0.25) is 32.7 Å². The van der Waals surface area contributed by atoms with Crippen LogP contribution in [0.5, 0.6) is 0 Å². The van der Waals surface area contributed by atoms with Gasteiger partial charge in [0.1, 0.15) is 12.1 Å². The number of likely N-dealkylation sites (tertiary alicyclic amines) is 1. The molecule has 2 saturated heterocycles. The third kappa shape index (κ3) is 7.32. The van der Waals surface area contributed by atoms with Crippen LogP contribution in [0.3, 0.4) is 0 Å². The number of carbonyl (C=O) groups excluding carboxylic acids is 4.